The van der Waals surface area contributed by atoms with E-state index in [0.29, 0.717) is 0 Å². The lowest BCUT2D eigenvalue weighted by Gasteiger charge is -2.08. The molecule has 94 valence electrons. The summed E-state index contributed by atoms with van der Waals surface area (Å²) >= 11 is 0. The van der Waals surface area contributed by atoms with Gasteiger partial charge in [0.05, 0.1) is 5.69 Å². The molecule has 1 N–H and O–H groups in total. The molecule has 0 aromatic carbocycles. The van der Waals surface area contributed by atoms with E-state index in [1.165, 1.54) is 18.4 Å². The summed E-state index contributed by atoms with van der Waals surface area (Å²) in [4.78, 5) is 8.97. The number of hydrogen-bond donors (Lipinski definition) is 1. The van der Waals surface area contributed by atoms with Gasteiger partial charge in [0.2, 0.25) is 0 Å². The summed E-state index contributed by atoms with van der Waals surface area (Å²) in [5.74, 6) is 0.931. The van der Waals surface area contributed by atoms with E-state index in [1.807, 2.05) is 6.20 Å². The third kappa shape index (κ3) is 4.06. The Morgan fingerprint density at radius 2 is 2.29 bits per heavy atom. The van der Waals surface area contributed by atoms with Crippen LogP contribution in [0.2, 0.25) is 0 Å². The Morgan fingerprint density at radius 1 is 1.47 bits per heavy atom. The monoisotopic (exact) mass is 235 g/mol. The molecule has 1 saturated carbocycles. The van der Waals surface area contributed by atoms with Gasteiger partial charge in [-0.15, -0.1) is 0 Å². The van der Waals surface area contributed by atoms with Crippen molar-refractivity contribution in [3.8, 4) is 0 Å². The van der Waals surface area contributed by atoms with Crippen molar-refractivity contribution in [3.05, 3.63) is 23.3 Å². The first-order chi connectivity index (χ1) is 8.29. The summed E-state index contributed by atoms with van der Waals surface area (Å²) in [6, 6.07) is 0.723. The van der Waals surface area contributed by atoms with E-state index in [9.17, 15) is 0 Å². The van der Waals surface area contributed by atoms with E-state index >= 15 is 0 Å². The van der Waals surface area contributed by atoms with Crippen molar-refractivity contribution < 1.29 is 4.74 Å². The first-order valence-electron chi connectivity index (χ1n) is 6.33. The molecule has 0 radical (unpaired) electrons. The minimum Gasteiger partial charge on any atom is -0.385 e. The Labute approximate surface area is 103 Å². The Morgan fingerprint density at radius 3 is 3.00 bits per heavy atom. The lowest BCUT2D eigenvalue weighted by molar-refractivity contribution is 0.194. The number of methoxy groups -OCH3 is 1. The molecule has 0 saturated heterocycles. The molecule has 1 aromatic heterocycles. The number of aryl methyl sites for hydroxylation is 2. The fourth-order valence-corrected chi connectivity index (χ4v) is 1.72. The van der Waals surface area contributed by atoms with Gasteiger partial charge in [-0.05, 0) is 31.7 Å². The van der Waals surface area contributed by atoms with Gasteiger partial charge in [0.1, 0.15) is 5.82 Å². The van der Waals surface area contributed by atoms with Crippen LogP contribution in [0.25, 0.3) is 0 Å². The van der Waals surface area contributed by atoms with Gasteiger partial charge in [0, 0.05) is 38.9 Å². The molecule has 1 fully saturated rings. The number of aromatic nitrogens is 2. The third-order valence-corrected chi connectivity index (χ3v) is 3.01. The van der Waals surface area contributed by atoms with Crippen LogP contribution in [0.3, 0.4) is 0 Å². The van der Waals surface area contributed by atoms with Crippen LogP contribution in [0, 0.1) is 6.92 Å². The SMILES string of the molecule is COCCCc1ncc(C)c(CNC2CC2)n1. The molecule has 4 nitrogen and oxygen atoms in total. The van der Waals surface area contributed by atoms with Crippen molar-refractivity contribution in [2.75, 3.05) is 13.7 Å². The predicted octanol–water partition coefficient (Wildman–Crippen LogP) is 1.62. The number of rotatable bonds is 7. The molecule has 2 rings (SSSR count). The van der Waals surface area contributed by atoms with Crippen LogP contribution in [0.1, 0.15) is 36.3 Å². The number of hydrogen-bond acceptors (Lipinski definition) is 4. The maximum absolute atomic E-state index is 5.04. The lowest BCUT2D eigenvalue weighted by Crippen LogP contribution is -2.18. The Bertz CT molecular complexity index is 364. The largest absolute Gasteiger partial charge is 0.385 e. The second-order valence-electron chi connectivity index (χ2n) is 4.67. The molecular weight excluding hydrogens is 214 g/mol. The van der Waals surface area contributed by atoms with Crippen LogP contribution in [0.15, 0.2) is 6.20 Å². The molecule has 0 aliphatic heterocycles. The van der Waals surface area contributed by atoms with E-state index in [-0.39, 0.29) is 0 Å². The topological polar surface area (TPSA) is 47.0 Å². The first kappa shape index (κ1) is 12.5. The summed E-state index contributed by atoms with van der Waals surface area (Å²) in [7, 11) is 1.72. The minimum absolute atomic E-state index is 0.723. The summed E-state index contributed by atoms with van der Waals surface area (Å²) in [6.07, 6.45) is 6.42. The molecule has 0 unspecified atom stereocenters. The molecule has 17 heavy (non-hydrogen) atoms. The summed E-state index contributed by atoms with van der Waals surface area (Å²) in [5.41, 5.74) is 2.31. The van der Waals surface area contributed by atoms with Crippen LogP contribution in [0.5, 0.6) is 0 Å². The van der Waals surface area contributed by atoms with Gasteiger partial charge < -0.3 is 10.1 Å². The molecular formula is C13H21N3O. The van der Waals surface area contributed by atoms with Crippen LogP contribution < -0.4 is 5.32 Å². The summed E-state index contributed by atoms with van der Waals surface area (Å²) in [5, 5.41) is 3.49. The normalized spacial score (nSPS) is 15.2. The standard InChI is InChI=1S/C13H21N3O/c1-10-8-15-13(4-3-7-17-2)16-12(10)9-14-11-5-6-11/h8,11,14H,3-7,9H2,1-2H3. The number of ether oxygens (including phenoxy) is 1. The summed E-state index contributed by atoms with van der Waals surface area (Å²) < 4.78 is 5.04. The van der Waals surface area contributed by atoms with E-state index < -0.39 is 0 Å². The van der Waals surface area contributed by atoms with Crippen molar-refractivity contribution in [2.24, 2.45) is 0 Å². The van der Waals surface area contributed by atoms with Crippen LogP contribution in [-0.2, 0) is 17.7 Å². The highest BCUT2D eigenvalue weighted by Gasteiger charge is 2.20. The van der Waals surface area contributed by atoms with E-state index in [2.05, 4.69) is 22.2 Å². The molecule has 1 aliphatic carbocycles. The predicted molar refractivity (Wildman–Crippen MR) is 66.8 cm³/mol. The van der Waals surface area contributed by atoms with Gasteiger partial charge in [0.25, 0.3) is 0 Å². The molecule has 0 spiro atoms. The Balaban J connectivity index is 1.90. The number of nitrogens with zero attached hydrogens (tertiary/aromatic N) is 2. The fraction of sp³-hybridized carbons (Fsp3) is 0.692. The van der Waals surface area contributed by atoms with Gasteiger partial charge in [0.15, 0.2) is 0 Å². The maximum Gasteiger partial charge on any atom is 0.128 e. The Kier molecular flexibility index (Phi) is 4.45. The van der Waals surface area contributed by atoms with Crippen molar-refractivity contribution in [2.45, 2.75) is 45.2 Å². The van der Waals surface area contributed by atoms with E-state index in [4.69, 9.17) is 4.74 Å². The van der Waals surface area contributed by atoms with Crippen LogP contribution in [0.4, 0.5) is 0 Å². The van der Waals surface area contributed by atoms with Gasteiger partial charge >= 0.3 is 0 Å². The second kappa shape index (κ2) is 6.07. The summed E-state index contributed by atoms with van der Waals surface area (Å²) in [6.45, 7) is 3.71. The van der Waals surface area contributed by atoms with Crippen LogP contribution in [-0.4, -0.2) is 29.7 Å². The van der Waals surface area contributed by atoms with Gasteiger partial charge in [-0.1, -0.05) is 0 Å². The molecule has 1 aliphatic rings. The Hall–Kier alpha value is -1.00. The maximum atomic E-state index is 5.04. The highest BCUT2D eigenvalue weighted by molar-refractivity contribution is 5.16. The molecule has 1 aromatic rings. The zero-order valence-corrected chi connectivity index (χ0v) is 10.7. The molecule has 1 heterocycles. The fourth-order valence-electron chi connectivity index (χ4n) is 1.72. The lowest BCUT2D eigenvalue weighted by atomic mass is 10.2. The van der Waals surface area contributed by atoms with E-state index in [1.54, 1.807) is 7.11 Å². The van der Waals surface area contributed by atoms with Gasteiger partial charge in [-0.2, -0.15) is 0 Å². The highest BCUT2D eigenvalue weighted by atomic mass is 16.5. The molecule has 4 heteroatoms. The quantitative estimate of drug-likeness (QED) is 0.729. The molecule has 0 bridgehead atoms. The van der Waals surface area contributed by atoms with Gasteiger partial charge in [-0.3, -0.25) is 0 Å². The smallest absolute Gasteiger partial charge is 0.128 e. The van der Waals surface area contributed by atoms with Crippen molar-refractivity contribution in [1.82, 2.24) is 15.3 Å². The van der Waals surface area contributed by atoms with Gasteiger partial charge in [-0.25, -0.2) is 9.97 Å². The van der Waals surface area contributed by atoms with Crippen molar-refractivity contribution >= 4 is 0 Å². The highest BCUT2D eigenvalue weighted by Crippen LogP contribution is 2.19. The molecule has 0 amide bonds. The van der Waals surface area contributed by atoms with Crippen molar-refractivity contribution in [1.29, 1.82) is 0 Å². The van der Waals surface area contributed by atoms with E-state index in [0.717, 1.165) is 43.6 Å². The second-order valence-corrected chi connectivity index (χ2v) is 4.67. The molecule has 0 atom stereocenters. The minimum atomic E-state index is 0.723. The number of nitrogens with one attached hydrogen (secondary N) is 1. The first-order valence-corrected chi connectivity index (χ1v) is 6.33. The average molecular weight is 235 g/mol. The average Bonchev–Trinajstić information content (AvgIpc) is 3.14. The zero-order chi connectivity index (χ0) is 12.1. The zero-order valence-electron chi connectivity index (χ0n) is 10.7. The van der Waals surface area contributed by atoms with Crippen molar-refractivity contribution in [3.63, 3.8) is 0 Å². The van der Waals surface area contributed by atoms with Crippen LogP contribution >= 0.6 is 0 Å². The third-order valence-electron chi connectivity index (χ3n) is 3.01.